The lowest BCUT2D eigenvalue weighted by molar-refractivity contribution is -0.116. The number of methoxy groups -OCH3 is 1. The zero-order valence-corrected chi connectivity index (χ0v) is 27.7. The zero-order chi connectivity index (χ0) is 34.2. The summed E-state index contributed by atoms with van der Waals surface area (Å²) >= 11 is 2.71. The van der Waals surface area contributed by atoms with Gasteiger partial charge >= 0.3 is 0 Å². The molecule has 0 bridgehead atoms. The molecule has 0 fully saturated rings. The third kappa shape index (κ3) is 8.39. The molecule has 0 spiro atoms. The smallest absolute Gasteiger partial charge is 0.272 e. The Morgan fingerprint density at radius 2 is 1.53 bits per heavy atom. The van der Waals surface area contributed by atoms with Crippen LogP contribution in [-0.2, 0) is 9.59 Å². The molecule has 6 aromatic rings. The number of aromatic nitrogens is 1. The molecule has 0 aliphatic rings. The van der Waals surface area contributed by atoms with Crippen LogP contribution in [0.15, 0.2) is 138 Å². The second-order valence-corrected chi connectivity index (χ2v) is 12.8. The van der Waals surface area contributed by atoms with Crippen LogP contribution in [0, 0.1) is 5.82 Å². The maximum Gasteiger partial charge on any atom is 0.272 e. The number of carbonyl (C=O) groups excluding carboxylic acids is 3. The van der Waals surface area contributed by atoms with Gasteiger partial charge in [0.15, 0.2) is 5.13 Å². The molecule has 6 rings (SSSR count). The van der Waals surface area contributed by atoms with Crippen molar-refractivity contribution in [2.75, 3.05) is 17.7 Å². The minimum absolute atomic E-state index is 0.133. The third-order valence-corrected chi connectivity index (χ3v) is 9.47. The van der Waals surface area contributed by atoms with E-state index in [1.807, 2.05) is 48.5 Å². The number of nitrogens with zero attached hydrogens (tertiary/aromatic N) is 1. The number of benzene rings is 5. The van der Waals surface area contributed by atoms with Crippen molar-refractivity contribution >= 4 is 67.9 Å². The average Bonchev–Trinajstić information content (AvgIpc) is 3.53. The molecule has 1 unspecified atom stereocenters. The van der Waals surface area contributed by atoms with Crippen LogP contribution in [-0.4, -0.2) is 29.8 Å². The van der Waals surface area contributed by atoms with Gasteiger partial charge in [-0.1, -0.05) is 78.1 Å². The van der Waals surface area contributed by atoms with E-state index in [4.69, 9.17) is 4.74 Å². The first-order valence-electron chi connectivity index (χ1n) is 15.1. The Morgan fingerprint density at radius 3 is 2.24 bits per heavy atom. The van der Waals surface area contributed by atoms with Crippen molar-refractivity contribution in [1.82, 2.24) is 10.3 Å². The largest absolute Gasteiger partial charge is 0.497 e. The summed E-state index contributed by atoms with van der Waals surface area (Å²) in [6.45, 7) is 0. The topological polar surface area (TPSA) is 109 Å². The Bertz CT molecular complexity index is 2140. The quantitative estimate of drug-likeness (QED) is 0.0933. The van der Waals surface area contributed by atoms with E-state index >= 15 is 0 Å². The van der Waals surface area contributed by atoms with E-state index in [1.54, 1.807) is 73.8 Å². The summed E-state index contributed by atoms with van der Waals surface area (Å²) in [7, 11) is 1.60. The lowest BCUT2D eigenvalue weighted by Crippen LogP contribution is -2.30. The van der Waals surface area contributed by atoms with Crippen molar-refractivity contribution in [2.45, 2.75) is 10.1 Å². The van der Waals surface area contributed by atoms with E-state index < -0.39 is 22.9 Å². The predicted molar refractivity (Wildman–Crippen MR) is 193 cm³/mol. The molecule has 0 radical (unpaired) electrons. The minimum Gasteiger partial charge on any atom is -0.497 e. The molecule has 0 saturated heterocycles. The fourth-order valence-corrected chi connectivity index (χ4v) is 6.72. The van der Waals surface area contributed by atoms with Crippen LogP contribution in [0.2, 0.25) is 0 Å². The fraction of sp³-hybridized carbons (Fsp3) is 0.0526. The number of fused-ring (bicyclic) bond motifs is 1. The second-order valence-electron chi connectivity index (χ2n) is 10.6. The molecule has 1 aromatic heterocycles. The van der Waals surface area contributed by atoms with E-state index in [1.165, 1.54) is 41.3 Å². The second kappa shape index (κ2) is 15.4. The third-order valence-electron chi connectivity index (χ3n) is 7.27. The van der Waals surface area contributed by atoms with Gasteiger partial charge in [-0.15, -0.1) is 11.8 Å². The molecule has 0 aliphatic carbocycles. The van der Waals surface area contributed by atoms with Crippen LogP contribution in [0.1, 0.15) is 26.7 Å². The van der Waals surface area contributed by atoms with Gasteiger partial charge in [0, 0.05) is 21.7 Å². The van der Waals surface area contributed by atoms with Crippen molar-refractivity contribution in [1.29, 1.82) is 0 Å². The monoisotopic (exact) mass is 688 g/mol. The van der Waals surface area contributed by atoms with Gasteiger partial charge in [-0.3, -0.25) is 14.4 Å². The highest BCUT2D eigenvalue weighted by atomic mass is 32.2. The number of anilines is 2. The normalized spacial score (nSPS) is 11.8. The first-order chi connectivity index (χ1) is 23.9. The Kier molecular flexibility index (Phi) is 10.4. The van der Waals surface area contributed by atoms with E-state index in [0.29, 0.717) is 22.1 Å². The molecule has 3 amide bonds. The van der Waals surface area contributed by atoms with Crippen molar-refractivity contribution in [3.05, 3.63) is 156 Å². The molecule has 244 valence electrons. The number of rotatable bonds is 11. The SMILES string of the molecule is COc1ccc2nc(NC(=O)C(Sc3ccc(NC(=O)/C(=C/c4ccccc4F)NC(=O)c4ccccc4)cc3)c3ccccc3)sc2c1. The molecule has 0 saturated carbocycles. The first kappa shape index (κ1) is 33.1. The van der Waals surface area contributed by atoms with E-state index in [2.05, 4.69) is 20.9 Å². The van der Waals surface area contributed by atoms with Gasteiger partial charge in [0.2, 0.25) is 5.91 Å². The van der Waals surface area contributed by atoms with Crippen LogP contribution in [0.3, 0.4) is 0 Å². The number of hydrogen-bond acceptors (Lipinski definition) is 7. The molecule has 5 aromatic carbocycles. The lowest BCUT2D eigenvalue weighted by Gasteiger charge is -2.17. The fourth-order valence-electron chi connectivity index (χ4n) is 4.80. The Morgan fingerprint density at radius 1 is 0.837 bits per heavy atom. The molecule has 1 heterocycles. The molecule has 3 N–H and O–H groups in total. The summed E-state index contributed by atoms with van der Waals surface area (Å²) in [6, 6.07) is 36.3. The number of ether oxygens (including phenoxy) is 1. The van der Waals surface area contributed by atoms with E-state index in [-0.39, 0.29) is 17.2 Å². The number of thioether (sulfide) groups is 1. The van der Waals surface area contributed by atoms with Crippen molar-refractivity contribution < 1.29 is 23.5 Å². The zero-order valence-electron chi connectivity index (χ0n) is 26.1. The Hall–Kier alpha value is -5.78. The van der Waals surface area contributed by atoms with Crippen LogP contribution in [0.4, 0.5) is 15.2 Å². The molecular formula is C38H29FN4O4S2. The summed E-state index contributed by atoms with van der Waals surface area (Å²) in [4.78, 5) is 45.3. The first-order valence-corrected chi connectivity index (χ1v) is 16.8. The van der Waals surface area contributed by atoms with Crippen molar-refractivity contribution in [2.24, 2.45) is 0 Å². The van der Waals surface area contributed by atoms with Gasteiger partial charge < -0.3 is 20.7 Å². The van der Waals surface area contributed by atoms with Crippen LogP contribution in [0.25, 0.3) is 16.3 Å². The lowest BCUT2D eigenvalue weighted by atomic mass is 10.1. The number of carbonyl (C=O) groups is 3. The maximum absolute atomic E-state index is 14.5. The molecule has 49 heavy (non-hydrogen) atoms. The molecular weight excluding hydrogens is 660 g/mol. The highest BCUT2D eigenvalue weighted by molar-refractivity contribution is 8.00. The summed E-state index contributed by atoms with van der Waals surface area (Å²) in [5.74, 6) is -1.22. The van der Waals surface area contributed by atoms with Gasteiger partial charge in [-0.25, -0.2) is 9.37 Å². The van der Waals surface area contributed by atoms with Crippen LogP contribution >= 0.6 is 23.1 Å². The van der Waals surface area contributed by atoms with Gasteiger partial charge in [0.05, 0.1) is 17.3 Å². The van der Waals surface area contributed by atoms with Crippen LogP contribution in [0.5, 0.6) is 5.75 Å². The number of hydrogen-bond donors (Lipinski definition) is 3. The Labute approximate surface area is 290 Å². The van der Waals surface area contributed by atoms with Gasteiger partial charge in [-0.2, -0.15) is 0 Å². The van der Waals surface area contributed by atoms with Gasteiger partial charge in [-0.05, 0) is 72.3 Å². The molecule has 11 heteroatoms. The summed E-state index contributed by atoms with van der Waals surface area (Å²) in [5.41, 5.74) is 2.36. The van der Waals surface area contributed by atoms with Gasteiger partial charge in [0.1, 0.15) is 22.5 Å². The highest BCUT2D eigenvalue weighted by Gasteiger charge is 2.24. The van der Waals surface area contributed by atoms with Crippen molar-refractivity contribution in [3.63, 3.8) is 0 Å². The molecule has 1 atom stereocenters. The standard InChI is InChI=1S/C38H29FN4O4S2/c1-47-28-18-21-31-33(23-28)49-38(42-31)43-37(46)34(24-10-4-2-5-11-24)48-29-19-16-27(17-20-29)40-36(45)32(22-26-14-8-9-15-30(26)39)41-35(44)25-12-6-3-7-13-25/h2-23,34H,1H3,(H,40,45)(H,41,44)(H,42,43,46)/b32-22-. The minimum atomic E-state index is -0.636. The number of nitrogens with one attached hydrogen (secondary N) is 3. The number of amides is 3. The van der Waals surface area contributed by atoms with Crippen molar-refractivity contribution in [3.8, 4) is 5.75 Å². The van der Waals surface area contributed by atoms with Crippen LogP contribution < -0.4 is 20.7 Å². The predicted octanol–water partition coefficient (Wildman–Crippen LogP) is 8.33. The maximum atomic E-state index is 14.5. The Balaban J connectivity index is 1.19. The van der Waals surface area contributed by atoms with E-state index in [9.17, 15) is 18.8 Å². The molecule has 8 nitrogen and oxygen atoms in total. The average molecular weight is 689 g/mol. The summed E-state index contributed by atoms with van der Waals surface area (Å²) in [5, 5.41) is 8.24. The molecule has 0 aliphatic heterocycles. The summed E-state index contributed by atoms with van der Waals surface area (Å²) < 4.78 is 20.7. The highest BCUT2D eigenvalue weighted by Crippen LogP contribution is 2.38. The summed E-state index contributed by atoms with van der Waals surface area (Å²) in [6.07, 6.45) is 1.29. The number of halogens is 1. The number of thiazole rings is 1. The van der Waals surface area contributed by atoms with Gasteiger partial charge in [0.25, 0.3) is 11.8 Å². The van der Waals surface area contributed by atoms with E-state index in [0.717, 1.165) is 20.7 Å².